The average molecular weight is 276 g/mol. The number of carboxylic acid groups (broad SMARTS) is 1. The van der Waals surface area contributed by atoms with Gasteiger partial charge in [-0.15, -0.1) is 0 Å². The molecule has 0 fully saturated rings. The number of benzene rings is 1. The molecule has 2 aromatic rings. The topological polar surface area (TPSA) is 71.5 Å². The minimum atomic E-state index is -0.981. The van der Waals surface area contributed by atoms with Crippen LogP contribution in [0.25, 0.3) is 11.1 Å². The van der Waals surface area contributed by atoms with Crippen molar-refractivity contribution in [1.29, 1.82) is 0 Å². The summed E-state index contributed by atoms with van der Waals surface area (Å²) in [7, 11) is 1.45. The van der Waals surface area contributed by atoms with Crippen LogP contribution in [0.3, 0.4) is 0 Å². The van der Waals surface area contributed by atoms with Crippen LogP contribution in [0.2, 0.25) is 0 Å². The fraction of sp³-hybridized carbons (Fsp3) is 0.143. The second kappa shape index (κ2) is 6.01. The van der Waals surface area contributed by atoms with Gasteiger partial charge < -0.3 is 15.2 Å². The summed E-state index contributed by atoms with van der Waals surface area (Å²) < 4.78 is 18.4. The maximum Gasteiger partial charge on any atom is 0.322 e. The van der Waals surface area contributed by atoms with E-state index in [0.717, 1.165) is 0 Å². The number of aromatic nitrogens is 1. The molecule has 1 heterocycles. The molecule has 0 unspecified atom stereocenters. The minimum Gasteiger partial charge on any atom is -0.496 e. The number of aliphatic carboxylic acids is 1. The molecule has 0 saturated carbocycles. The molecule has 0 aliphatic rings. The number of carbonyl (C=O) groups is 1. The molecule has 2 N–H and O–H groups in total. The maximum absolute atomic E-state index is 13.2. The number of rotatable bonds is 5. The van der Waals surface area contributed by atoms with Crippen LogP contribution in [0.1, 0.15) is 0 Å². The van der Waals surface area contributed by atoms with Crippen molar-refractivity contribution in [3.63, 3.8) is 0 Å². The number of nitrogens with one attached hydrogen (secondary N) is 1. The molecule has 20 heavy (non-hydrogen) atoms. The molecule has 0 amide bonds. The number of pyridine rings is 1. The fourth-order valence-corrected chi connectivity index (χ4v) is 1.83. The molecule has 1 aromatic carbocycles. The summed E-state index contributed by atoms with van der Waals surface area (Å²) in [6.45, 7) is -0.234. The SMILES string of the molecule is COc1cc(F)ccc1-c1ccncc1NCC(=O)O. The molecule has 104 valence electrons. The summed E-state index contributed by atoms with van der Waals surface area (Å²) in [6.07, 6.45) is 3.09. The van der Waals surface area contributed by atoms with Crippen LogP contribution in [0.4, 0.5) is 10.1 Å². The van der Waals surface area contributed by atoms with Crippen LogP contribution in [0.15, 0.2) is 36.7 Å². The Morgan fingerprint density at radius 2 is 2.20 bits per heavy atom. The Hall–Kier alpha value is -2.63. The number of ether oxygens (including phenoxy) is 1. The summed E-state index contributed by atoms with van der Waals surface area (Å²) in [4.78, 5) is 14.6. The first-order valence-corrected chi connectivity index (χ1v) is 5.85. The van der Waals surface area contributed by atoms with Gasteiger partial charge in [0.25, 0.3) is 0 Å². The zero-order valence-electron chi connectivity index (χ0n) is 10.8. The molecule has 0 radical (unpaired) electrons. The first-order valence-electron chi connectivity index (χ1n) is 5.85. The van der Waals surface area contributed by atoms with Crippen molar-refractivity contribution in [3.8, 4) is 16.9 Å². The van der Waals surface area contributed by atoms with E-state index in [-0.39, 0.29) is 6.54 Å². The Balaban J connectivity index is 2.44. The van der Waals surface area contributed by atoms with Gasteiger partial charge in [-0.05, 0) is 18.2 Å². The number of carboxylic acids is 1. The molecule has 1 aromatic heterocycles. The molecule has 6 heteroatoms. The van der Waals surface area contributed by atoms with Crippen LogP contribution in [0.5, 0.6) is 5.75 Å². The third kappa shape index (κ3) is 3.03. The highest BCUT2D eigenvalue weighted by molar-refractivity contribution is 5.83. The predicted octanol–water partition coefficient (Wildman–Crippen LogP) is 2.39. The first-order chi connectivity index (χ1) is 9.61. The van der Waals surface area contributed by atoms with Gasteiger partial charge in [0, 0.05) is 23.4 Å². The lowest BCUT2D eigenvalue weighted by atomic mass is 10.0. The molecule has 0 aliphatic carbocycles. The standard InChI is InChI=1S/C14H13FN2O3/c1-20-13-6-9(15)2-3-11(13)10-4-5-16-7-12(10)17-8-14(18)19/h2-7,17H,8H2,1H3,(H,18,19). The number of hydrogen-bond acceptors (Lipinski definition) is 4. The van der Waals surface area contributed by atoms with Crippen LogP contribution in [0, 0.1) is 5.82 Å². The van der Waals surface area contributed by atoms with Crippen LogP contribution >= 0.6 is 0 Å². The number of nitrogens with zero attached hydrogens (tertiary/aromatic N) is 1. The fourth-order valence-electron chi connectivity index (χ4n) is 1.83. The second-order valence-electron chi connectivity index (χ2n) is 4.01. The molecule has 0 spiro atoms. The van der Waals surface area contributed by atoms with Crippen molar-refractivity contribution in [2.24, 2.45) is 0 Å². The monoisotopic (exact) mass is 276 g/mol. The van der Waals surface area contributed by atoms with Crippen LogP contribution in [-0.4, -0.2) is 29.7 Å². The van der Waals surface area contributed by atoms with Gasteiger partial charge in [-0.25, -0.2) is 4.39 Å². The largest absolute Gasteiger partial charge is 0.496 e. The van der Waals surface area contributed by atoms with Gasteiger partial charge in [0.05, 0.1) is 19.0 Å². The first kappa shape index (κ1) is 13.8. The average Bonchev–Trinajstić information content (AvgIpc) is 2.45. The summed E-state index contributed by atoms with van der Waals surface area (Å²) in [6, 6.07) is 5.88. The molecular formula is C14H13FN2O3. The predicted molar refractivity (Wildman–Crippen MR) is 72.3 cm³/mol. The molecule has 0 bridgehead atoms. The number of methoxy groups -OCH3 is 1. The van der Waals surface area contributed by atoms with E-state index in [1.165, 1.54) is 25.4 Å². The van der Waals surface area contributed by atoms with Gasteiger partial charge in [0.2, 0.25) is 0 Å². The van der Waals surface area contributed by atoms with E-state index in [1.54, 1.807) is 18.3 Å². The normalized spacial score (nSPS) is 10.1. The lowest BCUT2D eigenvalue weighted by Gasteiger charge is -2.13. The van der Waals surface area contributed by atoms with Gasteiger partial charge >= 0.3 is 5.97 Å². The molecule has 0 aliphatic heterocycles. The van der Waals surface area contributed by atoms with E-state index in [9.17, 15) is 9.18 Å². The molecule has 5 nitrogen and oxygen atoms in total. The van der Waals surface area contributed by atoms with E-state index >= 15 is 0 Å². The third-order valence-corrected chi connectivity index (χ3v) is 2.70. The lowest BCUT2D eigenvalue weighted by molar-refractivity contribution is -0.134. The number of anilines is 1. The van der Waals surface area contributed by atoms with Gasteiger partial charge in [-0.3, -0.25) is 9.78 Å². The summed E-state index contributed by atoms with van der Waals surface area (Å²) in [5, 5.41) is 11.5. The second-order valence-corrected chi connectivity index (χ2v) is 4.01. The van der Waals surface area contributed by atoms with Crippen LogP contribution in [-0.2, 0) is 4.79 Å². The van der Waals surface area contributed by atoms with Crippen molar-refractivity contribution in [1.82, 2.24) is 4.98 Å². The smallest absolute Gasteiger partial charge is 0.322 e. The van der Waals surface area contributed by atoms with Gasteiger partial charge in [0.1, 0.15) is 18.1 Å². The Bertz CT molecular complexity index is 632. The Morgan fingerprint density at radius 1 is 1.40 bits per heavy atom. The van der Waals surface area contributed by atoms with Gasteiger partial charge in [-0.1, -0.05) is 0 Å². The summed E-state index contributed by atoms with van der Waals surface area (Å²) in [5.41, 5.74) is 1.89. The maximum atomic E-state index is 13.2. The third-order valence-electron chi connectivity index (χ3n) is 2.70. The van der Waals surface area contributed by atoms with Crippen molar-refractivity contribution < 1.29 is 19.0 Å². The zero-order chi connectivity index (χ0) is 14.5. The van der Waals surface area contributed by atoms with Crippen LogP contribution < -0.4 is 10.1 Å². The highest BCUT2D eigenvalue weighted by Gasteiger charge is 2.12. The molecule has 2 rings (SSSR count). The van der Waals surface area contributed by atoms with E-state index in [4.69, 9.17) is 9.84 Å². The molecule has 0 saturated heterocycles. The van der Waals surface area contributed by atoms with Crippen molar-refractivity contribution in [2.75, 3.05) is 19.0 Å². The van der Waals surface area contributed by atoms with E-state index in [1.807, 2.05) is 0 Å². The van der Waals surface area contributed by atoms with Crippen molar-refractivity contribution >= 4 is 11.7 Å². The highest BCUT2D eigenvalue weighted by Crippen LogP contribution is 2.34. The van der Waals surface area contributed by atoms with E-state index in [2.05, 4.69) is 10.3 Å². The summed E-state index contributed by atoms with van der Waals surface area (Å²) >= 11 is 0. The number of hydrogen-bond donors (Lipinski definition) is 2. The van der Waals surface area contributed by atoms with Crippen molar-refractivity contribution in [3.05, 3.63) is 42.5 Å². The summed E-state index contributed by atoms with van der Waals surface area (Å²) in [5.74, 6) is -1.01. The minimum absolute atomic E-state index is 0.234. The Kier molecular flexibility index (Phi) is 4.14. The van der Waals surface area contributed by atoms with E-state index < -0.39 is 11.8 Å². The Morgan fingerprint density at radius 3 is 2.90 bits per heavy atom. The number of halogens is 1. The molecule has 0 atom stereocenters. The molecular weight excluding hydrogens is 263 g/mol. The highest BCUT2D eigenvalue weighted by atomic mass is 19.1. The van der Waals surface area contributed by atoms with E-state index in [0.29, 0.717) is 22.6 Å². The van der Waals surface area contributed by atoms with Gasteiger partial charge in [0.15, 0.2) is 0 Å². The quantitative estimate of drug-likeness (QED) is 0.877. The van der Waals surface area contributed by atoms with Gasteiger partial charge in [-0.2, -0.15) is 0 Å². The van der Waals surface area contributed by atoms with Crippen molar-refractivity contribution in [2.45, 2.75) is 0 Å². The zero-order valence-corrected chi connectivity index (χ0v) is 10.8. The lowest BCUT2D eigenvalue weighted by Crippen LogP contribution is -2.13. The Labute approximate surface area is 115 Å².